The second kappa shape index (κ2) is 4.25. The Morgan fingerprint density at radius 2 is 2.08 bits per heavy atom. The number of methoxy groups -OCH3 is 1. The molecule has 0 aliphatic heterocycles. The first-order valence-corrected chi connectivity index (χ1v) is 4.47. The molecule has 74 valence electrons. The number of hydrogen-bond donors (Lipinski definition) is 0. The number of nitrogens with zero attached hydrogens (tertiary/aromatic N) is 1. The average Bonchev–Trinajstić information content (AvgIpc) is 2.00. The molecule has 4 nitrogen and oxygen atoms in total. The summed E-state index contributed by atoms with van der Waals surface area (Å²) >= 11 is 0. The smallest absolute Gasteiger partial charge is 0.315 e. The third-order valence-electron chi connectivity index (χ3n) is 2.54. The van der Waals surface area contributed by atoms with Gasteiger partial charge in [-0.1, -0.05) is 0 Å². The molecule has 1 rings (SSSR count). The maximum Gasteiger partial charge on any atom is 0.315 e. The van der Waals surface area contributed by atoms with E-state index in [2.05, 4.69) is 4.74 Å². The van der Waals surface area contributed by atoms with E-state index in [0.717, 1.165) is 12.8 Å². The molecule has 4 heteroatoms. The average molecular weight is 185 g/mol. The van der Waals surface area contributed by atoms with Crippen LogP contribution in [0.3, 0.4) is 0 Å². The van der Waals surface area contributed by atoms with Crippen LogP contribution in [0.4, 0.5) is 0 Å². The zero-order chi connectivity index (χ0) is 9.84. The fraction of sp³-hybridized carbons (Fsp3) is 0.778. The molecule has 1 aliphatic rings. The zero-order valence-corrected chi connectivity index (χ0v) is 8.08. The van der Waals surface area contributed by atoms with E-state index in [1.165, 1.54) is 13.5 Å². The predicted molar refractivity (Wildman–Crippen MR) is 47.0 cm³/mol. The fourth-order valence-electron chi connectivity index (χ4n) is 1.30. The van der Waals surface area contributed by atoms with Crippen molar-refractivity contribution in [1.82, 2.24) is 4.90 Å². The summed E-state index contributed by atoms with van der Waals surface area (Å²) in [5.74, 6) is -0.604. The van der Waals surface area contributed by atoms with Crippen molar-refractivity contribution in [2.45, 2.75) is 31.7 Å². The largest absolute Gasteiger partial charge is 0.469 e. The number of carbonyl (C=O) groups excluding carboxylic acids is 2. The molecule has 13 heavy (non-hydrogen) atoms. The van der Waals surface area contributed by atoms with Gasteiger partial charge in [-0.3, -0.25) is 9.59 Å². The van der Waals surface area contributed by atoms with Gasteiger partial charge in [0, 0.05) is 13.1 Å². The molecule has 1 fully saturated rings. The lowest BCUT2D eigenvalue weighted by atomic mass is 9.92. The first-order chi connectivity index (χ1) is 6.15. The van der Waals surface area contributed by atoms with Crippen LogP contribution in [0.1, 0.15) is 25.7 Å². The Morgan fingerprint density at radius 1 is 1.46 bits per heavy atom. The number of esters is 1. The van der Waals surface area contributed by atoms with Crippen molar-refractivity contribution in [2.24, 2.45) is 0 Å². The van der Waals surface area contributed by atoms with E-state index in [1.54, 1.807) is 11.9 Å². The van der Waals surface area contributed by atoms with Gasteiger partial charge in [-0.25, -0.2) is 0 Å². The molecule has 1 saturated carbocycles. The van der Waals surface area contributed by atoms with Crippen LogP contribution in [0.2, 0.25) is 0 Å². The Balaban J connectivity index is 2.33. The van der Waals surface area contributed by atoms with Gasteiger partial charge in [0.1, 0.15) is 6.42 Å². The number of hydrogen-bond acceptors (Lipinski definition) is 3. The Morgan fingerprint density at radius 3 is 2.46 bits per heavy atom. The van der Waals surface area contributed by atoms with Crippen molar-refractivity contribution in [2.75, 3.05) is 14.2 Å². The highest BCUT2D eigenvalue weighted by atomic mass is 16.5. The number of carbonyl (C=O) groups is 2. The summed E-state index contributed by atoms with van der Waals surface area (Å²) in [6.07, 6.45) is 3.16. The van der Waals surface area contributed by atoms with E-state index >= 15 is 0 Å². The van der Waals surface area contributed by atoms with E-state index in [1.807, 2.05) is 0 Å². The Bertz CT molecular complexity index is 211. The lowest BCUT2D eigenvalue weighted by molar-refractivity contribution is -0.147. The summed E-state index contributed by atoms with van der Waals surface area (Å²) in [5, 5.41) is 0. The van der Waals surface area contributed by atoms with Gasteiger partial charge in [-0.05, 0) is 19.3 Å². The third kappa shape index (κ3) is 2.44. The van der Waals surface area contributed by atoms with Gasteiger partial charge in [-0.15, -0.1) is 0 Å². The first kappa shape index (κ1) is 10.0. The summed E-state index contributed by atoms with van der Waals surface area (Å²) in [6.45, 7) is 0. The zero-order valence-electron chi connectivity index (χ0n) is 8.08. The maximum atomic E-state index is 11.4. The van der Waals surface area contributed by atoms with Gasteiger partial charge in [0.05, 0.1) is 7.11 Å². The fourth-order valence-corrected chi connectivity index (χ4v) is 1.30. The molecule has 0 heterocycles. The van der Waals surface area contributed by atoms with Gasteiger partial charge in [0.15, 0.2) is 0 Å². The SMILES string of the molecule is COC(=O)CC(=O)N(C)C1CCC1. The van der Waals surface area contributed by atoms with Gasteiger partial charge < -0.3 is 9.64 Å². The van der Waals surface area contributed by atoms with Gasteiger partial charge in [0.2, 0.25) is 5.91 Å². The highest BCUT2D eigenvalue weighted by molar-refractivity contribution is 5.94. The van der Waals surface area contributed by atoms with Crippen molar-refractivity contribution in [3.05, 3.63) is 0 Å². The first-order valence-electron chi connectivity index (χ1n) is 4.47. The van der Waals surface area contributed by atoms with Crippen molar-refractivity contribution in [3.8, 4) is 0 Å². The maximum absolute atomic E-state index is 11.4. The summed E-state index contributed by atoms with van der Waals surface area (Å²) < 4.78 is 4.42. The van der Waals surface area contributed by atoms with Crippen molar-refractivity contribution in [3.63, 3.8) is 0 Å². The van der Waals surface area contributed by atoms with Crippen LogP contribution in [0, 0.1) is 0 Å². The molecule has 0 radical (unpaired) electrons. The lowest BCUT2D eigenvalue weighted by Crippen LogP contribution is -2.42. The van der Waals surface area contributed by atoms with E-state index in [-0.39, 0.29) is 12.3 Å². The third-order valence-corrected chi connectivity index (χ3v) is 2.54. The minimum atomic E-state index is -0.462. The van der Waals surface area contributed by atoms with Crippen LogP contribution >= 0.6 is 0 Å². The summed E-state index contributed by atoms with van der Waals surface area (Å²) in [5.41, 5.74) is 0. The van der Waals surface area contributed by atoms with Crippen LogP contribution < -0.4 is 0 Å². The number of rotatable bonds is 3. The molecule has 1 aliphatic carbocycles. The minimum Gasteiger partial charge on any atom is -0.469 e. The van der Waals surface area contributed by atoms with Gasteiger partial charge >= 0.3 is 5.97 Å². The molecule has 0 atom stereocenters. The topological polar surface area (TPSA) is 46.6 Å². The molecule has 1 amide bonds. The van der Waals surface area contributed by atoms with Crippen LogP contribution in [-0.4, -0.2) is 37.0 Å². The molecule has 0 aromatic rings. The van der Waals surface area contributed by atoms with Crippen molar-refractivity contribution in [1.29, 1.82) is 0 Å². The Kier molecular flexibility index (Phi) is 3.28. The Labute approximate surface area is 77.8 Å². The van der Waals surface area contributed by atoms with E-state index in [0.29, 0.717) is 6.04 Å². The van der Waals surface area contributed by atoms with Gasteiger partial charge in [0.25, 0.3) is 0 Å². The molecular formula is C9H15NO3. The second-order valence-electron chi connectivity index (χ2n) is 3.34. The molecule has 0 spiro atoms. The number of amides is 1. The minimum absolute atomic E-state index is 0.135. The highest BCUT2D eigenvalue weighted by Gasteiger charge is 2.26. The van der Waals surface area contributed by atoms with Gasteiger partial charge in [-0.2, -0.15) is 0 Å². The van der Waals surface area contributed by atoms with E-state index in [9.17, 15) is 9.59 Å². The Hall–Kier alpha value is -1.06. The predicted octanol–water partition coefficient (Wildman–Crippen LogP) is 0.560. The van der Waals surface area contributed by atoms with E-state index < -0.39 is 5.97 Å². The molecule has 0 aromatic carbocycles. The molecule has 0 N–H and O–H groups in total. The molecule has 0 bridgehead atoms. The summed E-state index contributed by atoms with van der Waals surface area (Å²) in [4.78, 5) is 23.8. The van der Waals surface area contributed by atoms with Crippen LogP contribution in [0.25, 0.3) is 0 Å². The second-order valence-corrected chi connectivity index (χ2v) is 3.34. The van der Waals surface area contributed by atoms with Crippen molar-refractivity contribution >= 4 is 11.9 Å². The lowest BCUT2D eigenvalue weighted by Gasteiger charge is -2.34. The van der Waals surface area contributed by atoms with Crippen LogP contribution in [0.5, 0.6) is 0 Å². The normalized spacial score (nSPS) is 16.2. The quantitative estimate of drug-likeness (QED) is 0.477. The van der Waals surface area contributed by atoms with Crippen LogP contribution in [0.15, 0.2) is 0 Å². The van der Waals surface area contributed by atoms with Crippen LogP contribution in [-0.2, 0) is 14.3 Å². The molecule has 0 unspecified atom stereocenters. The summed E-state index contributed by atoms with van der Waals surface area (Å²) in [6, 6.07) is 0.345. The van der Waals surface area contributed by atoms with E-state index in [4.69, 9.17) is 0 Å². The number of ether oxygens (including phenoxy) is 1. The highest BCUT2D eigenvalue weighted by Crippen LogP contribution is 2.23. The summed E-state index contributed by atoms with van der Waals surface area (Å²) in [7, 11) is 3.04. The molecular weight excluding hydrogens is 170 g/mol. The monoisotopic (exact) mass is 185 g/mol. The molecule has 0 aromatic heterocycles. The van der Waals surface area contributed by atoms with Crippen molar-refractivity contribution < 1.29 is 14.3 Å². The molecule has 0 saturated heterocycles. The standard InChI is InChI=1S/C9H15NO3/c1-10(7-4-3-5-7)8(11)6-9(12)13-2/h7H,3-6H2,1-2H3.